The molecule has 160 valence electrons. The number of esters is 1. The number of thioether (sulfide) groups is 1. The van der Waals surface area contributed by atoms with E-state index in [-0.39, 0.29) is 11.5 Å². The molecule has 1 aliphatic heterocycles. The van der Waals surface area contributed by atoms with E-state index in [4.69, 9.17) is 4.74 Å². The second-order valence-electron chi connectivity index (χ2n) is 8.53. The van der Waals surface area contributed by atoms with E-state index in [2.05, 4.69) is 49.4 Å². The third-order valence-electron chi connectivity index (χ3n) is 6.28. The first-order valence-corrected chi connectivity index (χ1v) is 12.2. The van der Waals surface area contributed by atoms with Gasteiger partial charge in [-0.1, -0.05) is 55.8 Å². The van der Waals surface area contributed by atoms with Crippen LogP contribution in [0.15, 0.2) is 58.4 Å². The van der Waals surface area contributed by atoms with E-state index in [9.17, 15) is 9.59 Å². The second kappa shape index (κ2) is 8.54. The van der Waals surface area contributed by atoms with Gasteiger partial charge >= 0.3 is 5.97 Å². The van der Waals surface area contributed by atoms with Crippen molar-refractivity contribution in [3.8, 4) is 0 Å². The second-order valence-corrected chi connectivity index (χ2v) is 9.54. The number of pyridine rings is 1. The Hall–Kier alpha value is -2.53. The molecule has 5 heteroatoms. The van der Waals surface area contributed by atoms with Crippen LogP contribution in [0.3, 0.4) is 0 Å². The van der Waals surface area contributed by atoms with Crippen molar-refractivity contribution in [2.45, 2.75) is 56.0 Å². The number of carbonyl (C=O) groups is 1. The fraction of sp³-hybridized carbons (Fsp3) is 0.385. The molecule has 0 spiro atoms. The summed E-state index contributed by atoms with van der Waals surface area (Å²) in [5.41, 5.74) is 3.55. The highest BCUT2D eigenvalue weighted by Gasteiger charge is 2.38. The van der Waals surface area contributed by atoms with Crippen molar-refractivity contribution in [3.63, 3.8) is 0 Å². The highest BCUT2D eigenvalue weighted by molar-refractivity contribution is 7.99. The topological polar surface area (TPSA) is 48.3 Å². The molecule has 0 N–H and O–H groups in total. The van der Waals surface area contributed by atoms with Crippen molar-refractivity contribution in [2.24, 2.45) is 0 Å². The zero-order chi connectivity index (χ0) is 21.4. The molecule has 3 aromatic rings. The summed E-state index contributed by atoms with van der Waals surface area (Å²) in [4.78, 5) is 25.8. The Labute approximate surface area is 186 Å². The zero-order valence-electron chi connectivity index (χ0n) is 17.8. The SMILES string of the molecule is CCCCOC(=O)C1CSc2c(C3CC3)c(Cc3cccc4ccccc34)cc(=O)n21. The number of benzene rings is 2. The zero-order valence-corrected chi connectivity index (χ0v) is 18.6. The van der Waals surface area contributed by atoms with Gasteiger partial charge in [-0.2, -0.15) is 0 Å². The fourth-order valence-corrected chi connectivity index (χ4v) is 5.94. The molecule has 2 aliphatic rings. The predicted molar refractivity (Wildman–Crippen MR) is 125 cm³/mol. The van der Waals surface area contributed by atoms with E-state index < -0.39 is 6.04 Å². The lowest BCUT2D eigenvalue weighted by molar-refractivity contribution is -0.147. The molecule has 1 atom stereocenters. The molecule has 2 aromatic carbocycles. The number of hydrogen-bond donors (Lipinski definition) is 0. The average molecular weight is 434 g/mol. The Morgan fingerprint density at radius 1 is 1.13 bits per heavy atom. The van der Waals surface area contributed by atoms with Crippen molar-refractivity contribution >= 4 is 28.5 Å². The molecule has 0 saturated heterocycles. The minimum absolute atomic E-state index is 0.0860. The van der Waals surface area contributed by atoms with Gasteiger partial charge in [0.25, 0.3) is 5.56 Å². The molecule has 1 fully saturated rings. The molecule has 0 bridgehead atoms. The van der Waals surface area contributed by atoms with Crippen LogP contribution in [0.25, 0.3) is 10.8 Å². The number of carbonyl (C=O) groups excluding carboxylic acids is 1. The molecule has 5 rings (SSSR count). The predicted octanol–water partition coefficient (Wildman–Crippen LogP) is 5.46. The number of unbranched alkanes of at least 4 members (excludes halogenated alkanes) is 1. The van der Waals surface area contributed by atoms with E-state index in [0.29, 0.717) is 18.3 Å². The average Bonchev–Trinajstić information content (AvgIpc) is 3.51. The summed E-state index contributed by atoms with van der Waals surface area (Å²) in [5, 5.41) is 3.44. The number of rotatable bonds is 7. The van der Waals surface area contributed by atoms with Gasteiger partial charge < -0.3 is 4.74 Å². The molecule has 2 heterocycles. The van der Waals surface area contributed by atoms with E-state index in [0.717, 1.165) is 42.7 Å². The minimum atomic E-state index is -0.506. The van der Waals surface area contributed by atoms with Crippen LogP contribution in [0.5, 0.6) is 0 Å². The number of fused-ring (bicyclic) bond motifs is 2. The highest BCUT2D eigenvalue weighted by atomic mass is 32.2. The summed E-state index contributed by atoms with van der Waals surface area (Å²) in [7, 11) is 0. The number of hydrogen-bond acceptors (Lipinski definition) is 4. The van der Waals surface area contributed by atoms with Crippen molar-refractivity contribution < 1.29 is 9.53 Å². The lowest BCUT2D eigenvalue weighted by Crippen LogP contribution is -2.31. The third-order valence-corrected chi connectivity index (χ3v) is 7.45. The number of aromatic nitrogens is 1. The summed E-state index contributed by atoms with van der Waals surface area (Å²) in [6.07, 6.45) is 4.87. The normalized spacial score (nSPS) is 17.6. The van der Waals surface area contributed by atoms with Gasteiger partial charge in [-0.3, -0.25) is 9.36 Å². The third kappa shape index (κ3) is 3.91. The lowest BCUT2D eigenvalue weighted by atomic mass is 9.95. The van der Waals surface area contributed by atoms with Gasteiger partial charge in [0, 0.05) is 11.8 Å². The smallest absolute Gasteiger partial charge is 0.330 e. The van der Waals surface area contributed by atoms with E-state index >= 15 is 0 Å². The molecule has 1 aliphatic carbocycles. The monoisotopic (exact) mass is 433 g/mol. The van der Waals surface area contributed by atoms with Crippen LogP contribution in [-0.4, -0.2) is 22.9 Å². The quantitative estimate of drug-likeness (QED) is 0.367. The molecule has 1 saturated carbocycles. The summed E-state index contributed by atoms with van der Waals surface area (Å²) in [6.45, 7) is 2.49. The van der Waals surface area contributed by atoms with Crippen LogP contribution < -0.4 is 5.56 Å². The van der Waals surface area contributed by atoms with Crippen LogP contribution in [0, 0.1) is 0 Å². The Morgan fingerprint density at radius 3 is 2.74 bits per heavy atom. The van der Waals surface area contributed by atoms with Gasteiger partial charge in [-0.05, 0) is 59.1 Å². The molecule has 0 radical (unpaired) electrons. The Kier molecular flexibility index (Phi) is 5.61. The Bertz CT molecular complexity index is 1190. The molecule has 4 nitrogen and oxygen atoms in total. The van der Waals surface area contributed by atoms with Crippen LogP contribution in [0.4, 0.5) is 0 Å². The van der Waals surface area contributed by atoms with Crippen LogP contribution in [0.2, 0.25) is 0 Å². The van der Waals surface area contributed by atoms with Crippen molar-refractivity contribution in [1.29, 1.82) is 0 Å². The van der Waals surface area contributed by atoms with E-state index in [1.165, 1.54) is 21.9 Å². The minimum Gasteiger partial charge on any atom is -0.464 e. The van der Waals surface area contributed by atoms with Gasteiger partial charge in [0.15, 0.2) is 0 Å². The van der Waals surface area contributed by atoms with E-state index in [1.54, 1.807) is 22.4 Å². The summed E-state index contributed by atoms with van der Waals surface area (Å²) < 4.78 is 7.16. The van der Waals surface area contributed by atoms with Gasteiger partial charge in [-0.25, -0.2) is 4.79 Å². The molecule has 31 heavy (non-hydrogen) atoms. The number of ether oxygens (including phenoxy) is 1. The van der Waals surface area contributed by atoms with Gasteiger partial charge in [0.1, 0.15) is 6.04 Å². The van der Waals surface area contributed by atoms with Crippen molar-refractivity contribution in [2.75, 3.05) is 12.4 Å². The van der Waals surface area contributed by atoms with Crippen molar-refractivity contribution in [1.82, 2.24) is 4.57 Å². The molecule has 0 amide bonds. The van der Waals surface area contributed by atoms with Gasteiger partial charge in [0.05, 0.1) is 11.6 Å². The largest absolute Gasteiger partial charge is 0.464 e. The number of nitrogens with zero attached hydrogens (tertiary/aromatic N) is 1. The Balaban J connectivity index is 1.53. The lowest BCUT2D eigenvalue weighted by Gasteiger charge is -2.18. The summed E-state index contributed by atoms with van der Waals surface area (Å²) in [5.74, 6) is 0.803. The molecule has 1 unspecified atom stereocenters. The van der Waals surface area contributed by atoms with Gasteiger partial charge in [0.2, 0.25) is 0 Å². The van der Waals surface area contributed by atoms with Crippen molar-refractivity contribution in [3.05, 3.63) is 75.6 Å². The molecular formula is C26H27NO3S. The maximum Gasteiger partial charge on any atom is 0.330 e. The first-order valence-electron chi connectivity index (χ1n) is 11.2. The van der Waals surface area contributed by atoms with Crippen LogP contribution >= 0.6 is 11.8 Å². The standard InChI is InChI=1S/C26H27NO3S/c1-2-3-13-30-26(29)22-16-31-25-24(18-11-12-18)20(15-23(28)27(22)25)14-19-9-6-8-17-7-4-5-10-21(17)19/h4-10,15,18,22H,2-3,11-14,16H2,1H3. The molecule has 1 aromatic heterocycles. The van der Waals surface area contributed by atoms with Crippen LogP contribution in [0.1, 0.15) is 61.3 Å². The van der Waals surface area contributed by atoms with E-state index in [1.807, 2.05) is 0 Å². The van der Waals surface area contributed by atoms with Gasteiger partial charge in [-0.15, -0.1) is 11.8 Å². The summed E-state index contributed by atoms with van der Waals surface area (Å²) in [6, 6.07) is 16.0. The first-order chi connectivity index (χ1) is 15.2. The Morgan fingerprint density at radius 2 is 1.94 bits per heavy atom. The first kappa shape index (κ1) is 20.4. The molecular weight excluding hydrogens is 406 g/mol. The highest BCUT2D eigenvalue weighted by Crippen LogP contribution is 2.48. The fourth-order valence-electron chi connectivity index (χ4n) is 4.53. The maximum absolute atomic E-state index is 13.2. The van der Waals surface area contributed by atoms with Crippen LogP contribution in [-0.2, 0) is 16.0 Å². The summed E-state index contributed by atoms with van der Waals surface area (Å²) >= 11 is 1.64. The maximum atomic E-state index is 13.2.